The van der Waals surface area contributed by atoms with E-state index in [1.54, 1.807) is 36.4 Å². The van der Waals surface area contributed by atoms with Crippen LogP contribution in [0.3, 0.4) is 0 Å². The van der Waals surface area contributed by atoms with Crippen molar-refractivity contribution in [3.63, 3.8) is 0 Å². The fraction of sp³-hybridized carbons (Fsp3) is 0.0952. The largest absolute Gasteiger partial charge is 0.497 e. The summed E-state index contributed by atoms with van der Waals surface area (Å²) in [5.74, 6) is 0.378. The van der Waals surface area contributed by atoms with E-state index in [-0.39, 0.29) is 10.8 Å². The Balaban J connectivity index is 1.61. The van der Waals surface area contributed by atoms with Crippen molar-refractivity contribution in [2.24, 2.45) is 0 Å². The predicted octanol–water partition coefficient (Wildman–Crippen LogP) is 4.13. The van der Waals surface area contributed by atoms with E-state index in [0.717, 1.165) is 5.56 Å². The van der Waals surface area contributed by atoms with Crippen LogP contribution in [0.25, 0.3) is 21.6 Å². The normalized spacial score (nSPS) is 11.3. The van der Waals surface area contributed by atoms with Gasteiger partial charge in [0.05, 0.1) is 17.7 Å². The van der Waals surface area contributed by atoms with Gasteiger partial charge in [-0.1, -0.05) is 23.5 Å². The predicted molar refractivity (Wildman–Crippen MR) is 121 cm³/mol. The number of benzene rings is 2. The molecule has 31 heavy (non-hydrogen) atoms. The molecule has 0 atom stereocenters. The fourth-order valence-corrected chi connectivity index (χ4v) is 4.83. The molecule has 2 aromatic carbocycles. The Morgan fingerprint density at radius 3 is 2.52 bits per heavy atom. The zero-order valence-electron chi connectivity index (χ0n) is 16.6. The molecule has 4 rings (SSSR count). The molecule has 4 aromatic rings. The topological polar surface area (TPSA) is 110 Å². The van der Waals surface area contributed by atoms with Gasteiger partial charge in [0.15, 0.2) is 5.13 Å². The van der Waals surface area contributed by atoms with Crippen LogP contribution in [0.15, 0.2) is 65.6 Å². The molecule has 1 amide bonds. The van der Waals surface area contributed by atoms with Crippen LogP contribution in [-0.2, 0) is 14.8 Å². The van der Waals surface area contributed by atoms with E-state index in [2.05, 4.69) is 20.0 Å². The Morgan fingerprint density at radius 1 is 1.03 bits per heavy atom. The summed E-state index contributed by atoms with van der Waals surface area (Å²) in [5, 5.41) is 3.13. The molecule has 0 unspecified atom stereocenters. The number of nitrogens with one attached hydrogen (secondary N) is 2. The Bertz CT molecular complexity index is 1370. The van der Waals surface area contributed by atoms with Gasteiger partial charge in [0.25, 0.3) is 10.0 Å². The quantitative estimate of drug-likeness (QED) is 0.453. The van der Waals surface area contributed by atoms with Crippen molar-refractivity contribution in [1.29, 1.82) is 0 Å². The Morgan fingerprint density at radius 2 is 1.81 bits per heavy atom. The van der Waals surface area contributed by atoms with Crippen molar-refractivity contribution >= 4 is 48.4 Å². The highest BCUT2D eigenvalue weighted by atomic mass is 32.2. The number of hydrogen-bond donors (Lipinski definition) is 2. The smallest absolute Gasteiger partial charge is 0.261 e. The maximum absolute atomic E-state index is 12.7. The van der Waals surface area contributed by atoms with Gasteiger partial charge in [-0.2, -0.15) is 0 Å². The number of nitrogens with zero attached hydrogens (tertiary/aromatic N) is 2. The molecule has 0 aliphatic rings. The highest BCUT2D eigenvalue weighted by Gasteiger charge is 2.15. The highest BCUT2D eigenvalue weighted by molar-refractivity contribution is 7.92. The zero-order chi connectivity index (χ0) is 22.0. The molecular weight excluding hydrogens is 436 g/mol. The SMILES string of the molecule is COc1ccc(S(=O)(=O)Nc2cccc(-c3ccc4nc(NC(C)=O)sc4n3)c2)cc1. The van der Waals surface area contributed by atoms with Crippen LogP contribution in [0.5, 0.6) is 5.75 Å². The lowest BCUT2D eigenvalue weighted by Crippen LogP contribution is -2.12. The molecule has 2 N–H and O–H groups in total. The first-order valence-electron chi connectivity index (χ1n) is 9.16. The number of carbonyl (C=O) groups excluding carboxylic acids is 1. The third kappa shape index (κ3) is 4.65. The lowest BCUT2D eigenvalue weighted by Gasteiger charge is -2.10. The molecule has 158 valence electrons. The second-order valence-electron chi connectivity index (χ2n) is 6.58. The summed E-state index contributed by atoms with van der Waals surface area (Å²) in [4.78, 5) is 21.0. The first-order valence-corrected chi connectivity index (χ1v) is 11.5. The van der Waals surface area contributed by atoms with Crippen molar-refractivity contribution < 1.29 is 17.9 Å². The summed E-state index contributed by atoms with van der Waals surface area (Å²) in [6.07, 6.45) is 0. The van der Waals surface area contributed by atoms with Gasteiger partial charge in [0.2, 0.25) is 5.91 Å². The van der Waals surface area contributed by atoms with Crippen molar-refractivity contribution in [3.8, 4) is 17.0 Å². The van der Waals surface area contributed by atoms with Crippen LogP contribution >= 0.6 is 11.3 Å². The maximum Gasteiger partial charge on any atom is 0.261 e. The summed E-state index contributed by atoms with van der Waals surface area (Å²) in [6.45, 7) is 1.42. The number of ether oxygens (including phenoxy) is 1. The fourth-order valence-electron chi connectivity index (χ4n) is 2.89. The molecule has 2 aromatic heterocycles. The minimum atomic E-state index is -3.75. The van der Waals surface area contributed by atoms with E-state index in [4.69, 9.17) is 4.74 Å². The lowest BCUT2D eigenvalue weighted by atomic mass is 10.1. The second kappa shape index (κ2) is 8.32. The summed E-state index contributed by atoms with van der Waals surface area (Å²) in [7, 11) is -2.23. The van der Waals surface area contributed by atoms with Crippen molar-refractivity contribution in [1.82, 2.24) is 9.97 Å². The van der Waals surface area contributed by atoms with E-state index in [9.17, 15) is 13.2 Å². The van der Waals surface area contributed by atoms with Gasteiger partial charge in [-0.05, 0) is 48.5 Å². The standard InChI is InChI=1S/C21H18N4O4S2/c1-13(26)22-21-24-19-11-10-18(23-20(19)30-21)14-4-3-5-15(12-14)25-31(27,28)17-8-6-16(29-2)7-9-17/h3-12,25H,1-2H3,(H,22,24,26). The second-order valence-corrected chi connectivity index (χ2v) is 9.24. The van der Waals surface area contributed by atoms with Crippen LogP contribution < -0.4 is 14.8 Å². The Kier molecular flexibility index (Phi) is 5.57. The molecule has 0 aliphatic heterocycles. The number of amides is 1. The zero-order valence-corrected chi connectivity index (χ0v) is 18.3. The van der Waals surface area contributed by atoms with E-state index >= 15 is 0 Å². The van der Waals surface area contributed by atoms with Gasteiger partial charge >= 0.3 is 0 Å². The summed E-state index contributed by atoms with van der Waals surface area (Å²) in [6, 6.07) is 16.7. The van der Waals surface area contributed by atoms with Crippen molar-refractivity contribution in [2.75, 3.05) is 17.1 Å². The van der Waals surface area contributed by atoms with E-state index in [0.29, 0.717) is 32.6 Å². The number of rotatable bonds is 6. The van der Waals surface area contributed by atoms with E-state index < -0.39 is 10.0 Å². The summed E-state index contributed by atoms with van der Waals surface area (Å²) in [5.41, 5.74) is 2.50. The third-order valence-electron chi connectivity index (χ3n) is 4.32. The molecule has 0 fully saturated rings. The number of aromatic nitrogens is 2. The lowest BCUT2D eigenvalue weighted by molar-refractivity contribution is -0.114. The first kappa shape index (κ1) is 20.8. The van der Waals surface area contributed by atoms with Gasteiger partial charge in [-0.3, -0.25) is 9.52 Å². The summed E-state index contributed by atoms with van der Waals surface area (Å²) >= 11 is 1.27. The van der Waals surface area contributed by atoms with Gasteiger partial charge in [-0.25, -0.2) is 18.4 Å². The molecule has 8 nitrogen and oxygen atoms in total. The number of pyridine rings is 1. The number of sulfonamides is 1. The molecular formula is C21H18N4O4S2. The van der Waals surface area contributed by atoms with E-state index in [1.807, 2.05) is 12.1 Å². The number of thiazole rings is 1. The van der Waals surface area contributed by atoms with Crippen LogP contribution in [0.4, 0.5) is 10.8 Å². The third-order valence-corrected chi connectivity index (χ3v) is 6.60. The minimum Gasteiger partial charge on any atom is -0.497 e. The summed E-state index contributed by atoms with van der Waals surface area (Å²) < 4.78 is 33.1. The average Bonchev–Trinajstić information content (AvgIpc) is 3.14. The first-order chi connectivity index (χ1) is 14.8. The van der Waals surface area contributed by atoms with Crippen LogP contribution in [-0.4, -0.2) is 31.4 Å². The van der Waals surface area contributed by atoms with Crippen molar-refractivity contribution in [2.45, 2.75) is 11.8 Å². The monoisotopic (exact) mass is 454 g/mol. The molecule has 0 bridgehead atoms. The van der Waals surface area contributed by atoms with Crippen molar-refractivity contribution in [3.05, 3.63) is 60.7 Å². The molecule has 0 saturated heterocycles. The average molecular weight is 455 g/mol. The van der Waals surface area contributed by atoms with Gasteiger partial charge in [0.1, 0.15) is 16.1 Å². The Hall–Kier alpha value is -3.50. The molecule has 0 radical (unpaired) electrons. The van der Waals surface area contributed by atoms with Gasteiger partial charge in [0, 0.05) is 18.2 Å². The molecule has 10 heteroatoms. The van der Waals surface area contributed by atoms with E-state index in [1.165, 1.54) is 37.5 Å². The van der Waals surface area contributed by atoms with Gasteiger partial charge in [-0.15, -0.1) is 0 Å². The molecule has 0 aliphatic carbocycles. The number of fused-ring (bicyclic) bond motifs is 1. The Labute approximate surface area is 183 Å². The number of anilines is 2. The van der Waals surface area contributed by atoms with Crippen LogP contribution in [0.2, 0.25) is 0 Å². The molecule has 0 spiro atoms. The maximum atomic E-state index is 12.7. The minimum absolute atomic E-state index is 0.133. The number of methoxy groups -OCH3 is 1. The van der Waals surface area contributed by atoms with Crippen LogP contribution in [0.1, 0.15) is 6.92 Å². The molecule has 2 heterocycles. The molecule has 0 saturated carbocycles. The van der Waals surface area contributed by atoms with Crippen LogP contribution in [0, 0.1) is 0 Å². The number of carbonyl (C=O) groups is 1. The highest BCUT2D eigenvalue weighted by Crippen LogP contribution is 2.29. The van der Waals surface area contributed by atoms with Gasteiger partial charge < -0.3 is 10.1 Å². The number of hydrogen-bond acceptors (Lipinski definition) is 7.